The van der Waals surface area contributed by atoms with Crippen LogP contribution in [-0.4, -0.2) is 66.1 Å². The molecule has 0 atom stereocenters. The van der Waals surface area contributed by atoms with E-state index in [1.807, 2.05) is 59.5 Å². The van der Waals surface area contributed by atoms with Gasteiger partial charge in [-0.25, -0.2) is 22.0 Å². The molecule has 0 unspecified atom stereocenters. The minimum atomic E-state index is -3.63. The van der Waals surface area contributed by atoms with E-state index in [4.69, 9.17) is 15.6 Å². The number of hydrogen-bond donors (Lipinski definition) is 2. The van der Waals surface area contributed by atoms with Gasteiger partial charge in [-0.3, -0.25) is 9.59 Å². The Bertz CT molecular complexity index is 3500. The average Bonchev–Trinajstić information content (AvgIpc) is 3.34. The van der Waals surface area contributed by atoms with Crippen LogP contribution >= 0.6 is 0 Å². The van der Waals surface area contributed by atoms with E-state index in [9.17, 15) is 26.4 Å². The minimum absolute atomic E-state index is 0.0762. The summed E-state index contributed by atoms with van der Waals surface area (Å²) in [5.41, 5.74) is 12.1. The number of carbonyl (C=O) groups excluding carboxylic acids is 2. The molecule has 0 spiro atoms. The van der Waals surface area contributed by atoms with Crippen molar-refractivity contribution in [2.24, 2.45) is 10.9 Å². The number of nitrogens with two attached hydrogens (primary N) is 2. The molecule has 0 saturated carbocycles. The monoisotopic (exact) mass is 1050 g/mol. The predicted molar refractivity (Wildman–Crippen MR) is 310 cm³/mol. The van der Waals surface area contributed by atoms with Gasteiger partial charge in [0.25, 0.3) is 5.91 Å². The highest BCUT2D eigenvalue weighted by Crippen LogP contribution is 2.31. The van der Waals surface area contributed by atoms with Crippen LogP contribution in [0.5, 0.6) is 0 Å². The standard InChI is InChI=1S/C19H23NO2.C15H17NO.C15H18O2S.C14H17NO2S/c1-19(2,3)17-7-6-14-12-16(5-4-15(14)13-17)18(21)20-8-10-22-11-9-20;1-15(2,3)13-7-6-10-8-12(14(16)17)5-4-11(10)9-13;1-15(2,3)13-7-5-12-10-14(18(4,16)17)8-6-11(12)9-13;1-14(2,3)12-6-4-11-9-13(18(15,16)17)7-5-10(11)8-12/h4-7,12-13H,8-11H2,1-3H3;4-9H,1-3H3,(H2,16,17);5-10H,1-4H3;4-9H,1-3H3,(H2,15,16,17). The normalized spacial score (nSPS) is 13.5. The number of sulfone groups is 1. The number of hydrogen-bond acceptors (Lipinski definition) is 7. The van der Waals surface area contributed by atoms with Crippen molar-refractivity contribution in [2.45, 2.75) is 115 Å². The zero-order chi connectivity index (χ0) is 55.5. The first-order chi connectivity index (χ1) is 34.7. The maximum Gasteiger partial charge on any atom is 0.254 e. The number of benzene rings is 8. The van der Waals surface area contributed by atoms with E-state index in [1.54, 1.807) is 36.4 Å². The molecular weight excluding hydrogens is 975 g/mol. The maximum atomic E-state index is 12.5. The van der Waals surface area contributed by atoms with Crippen LogP contribution in [0.2, 0.25) is 0 Å². The largest absolute Gasteiger partial charge is 0.378 e. The van der Waals surface area contributed by atoms with Gasteiger partial charge in [-0.1, -0.05) is 180 Å². The SMILES string of the molecule is CC(C)(C)c1ccc2cc(C(=O)N3CCOCC3)ccc2c1.CC(C)(C)c1ccc2cc(C(N)=O)ccc2c1.CC(C)(C)c1ccc2cc(S(C)(=O)=O)ccc2c1.CC(C)(C)c1ccc2cc(S(N)(=O)=O)ccc2c1. The fraction of sp³-hybridized carbons (Fsp3) is 0.333. The molecule has 9 rings (SSSR count). The summed E-state index contributed by atoms with van der Waals surface area (Å²) in [5, 5.41) is 13.6. The van der Waals surface area contributed by atoms with E-state index in [2.05, 4.69) is 138 Å². The molecule has 4 N–H and O–H groups in total. The number of primary sulfonamides is 1. The molecule has 2 amide bonds. The van der Waals surface area contributed by atoms with Gasteiger partial charge in [0.2, 0.25) is 15.9 Å². The van der Waals surface area contributed by atoms with Gasteiger partial charge < -0.3 is 15.4 Å². The van der Waals surface area contributed by atoms with E-state index in [0.29, 0.717) is 36.8 Å². The lowest BCUT2D eigenvalue weighted by molar-refractivity contribution is 0.0303. The molecule has 0 bridgehead atoms. The van der Waals surface area contributed by atoms with Gasteiger partial charge in [0, 0.05) is 30.5 Å². The highest BCUT2D eigenvalue weighted by atomic mass is 32.2. The number of carbonyl (C=O) groups is 2. The number of fused-ring (bicyclic) bond motifs is 4. The van der Waals surface area contributed by atoms with Crippen LogP contribution < -0.4 is 10.9 Å². The number of nitrogens with zero attached hydrogens (tertiary/aromatic N) is 1. The molecule has 0 radical (unpaired) electrons. The van der Waals surface area contributed by atoms with E-state index in [-0.39, 0.29) is 38.4 Å². The topological polar surface area (TPSA) is 167 Å². The summed E-state index contributed by atoms with van der Waals surface area (Å²) in [6.07, 6.45) is 1.23. The molecule has 0 aliphatic carbocycles. The molecule has 0 aromatic heterocycles. The molecule has 12 heteroatoms. The van der Waals surface area contributed by atoms with Crippen molar-refractivity contribution < 1.29 is 31.2 Å². The van der Waals surface area contributed by atoms with Crippen molar-refractivity contribution in [3.05, 3.63) is 179 Å². The Morgan fingerprint density at radius 1 is 0.427 bits per heavy atom. The third kappa shape index (κ3) is 15.3. The second-order valence-electron chi connectivity index (χ2n) is 23.6. The molecule has 1 saturated heterocycles. The van der Waals surface area contributed by atoms with Gasteiger partial charge in [-0.15, -0.1) is 0 Å². The number of sulfonamides is 1. The first kappa shape index (κ1) is 57.8. The number of ether oxygens (including phenoxy) is 1. The summed E-state index contributed by atoms with van der Waals surface area (Å²) in [7, 11) is -6.77. The molecule has 8 aromatic rings. The summed E-state index contributed by atoms with van der Waals surface area (Å²) in [4.78, 5) is 26.0. The highest BCUT2D eigenvalue weighted by Gasteiger charge is 2.21. The van der Waals surface area contributed by atoms with E-state index >= 15 is 0 Å². The number of rotatable bonds is 4. The van der Waals surface area contributed by atoms with E-state index in [1.165, 1.54) is 33.9 Å². The number of amides is 2. The van der Waals surface area contributed by atoms with Crippen LogP contribution in [0.25, 0.3) is 43.1 Å². The summed E-state index contributed by atoms with van der Waals surface area (Å²) in [6, 6.07) is 46.8. The maximum absolute atomic E-state index is 12.5. The van der Waals surface area contributed by atoms with E-state index < -0.39 is 19.9 Å². The molecule has 10 nitrogen and oxygen atoms in total. The smallest absolute Gasteiger partial charge is 0.254 e. The quantitative estimate of drug-likeness (QED) is 0.177. The molecule has 8 aromatic carbocycles. The van der Waals surface area contributed by atoms with Crippen molar-refractivity contribution in [1.29, 1.82) is 0 Å². The lowest BCUT2D eigenvalue weighted by atomic mass is 9.86. The summed E-state index contributed by atoms with van der Waals surface area (Å²) in [5.74, 6) is -0.281. The minimum Gasteiger partial charge on any atom is -0.378 e. The fourth-order valence-electron chi connectivity index (χ4n) is 8.45. The number of morpholine rings is 1. The Labute approximate surface area is 445 Å². The fourth-order valence-corrected chi connectivity index (χ4v) is 9.65. The van der Waals surface area contributed by atoms with Crippen molar-refractivity contribution in [3.8, 4) is 0 Å². The molecule has 1 aliphatic rings. The summed E-state index contributed by atoms with van der Waals surface area (Å²) in [6.45, 7) is 28.8. The molecular formula is C63H75N3O7S2. The molecule has 1 heterocycles. The Morgan fingerprint density at radius 3 is 1.07 bits per heavy atom. The third-order valence-electron chi connectivity index (χ3n) is 13.4. The Kier molecular flexibility index (Phi) is 17.3. The van der Waals surface area contributed by atoms with Crippen molar-refractivity contribution in [3.63, 3.8) is 0 Å². The predicted octanol–water partition coefficient (Wildman–Crippen LogP) is 13.2. The molecule has 1 aliphatic heterocycles. The zero-order valence-corrected chi connectivity index (χ0v) is 47.6. The molecule has 396 valence electrons. The summed E-state index contributed by atoms with van der Waals surface area (Å²) >= 11 is 0. The van der Waals surface area contributed by atoms with Gasteiger partial charge >= 0.3 is 0 Å². The van der Waals surface area contributed by atoms with Gasteiger partial charge in [0.1, 0.15) is 0 Å². The third-order valence-corrected chi connectivity index (χ3v) is 15.4. The lowest BCUT2D eigenvalue weighted by Gasteiger charge is -2.27. The van der Waals surface area contributed by atoms with Crippen molar-refractivity contribution >= 4 is 74.8 Å². The summed E-state index contributed by atoms with van der Waals surface area (Å²) < 4.78 is 50.9. The second-order valence-corrected chi connectivity index (χ2v) is 27.2. The van der Waals surface area contributed by atoms with Crippen molar-refractivity contribution in [2.75, 3.05) is 32.6 Å². The van der Waals surface area contributed by atoms with Crippen molar-refractivity contribution in [1.82, 2.24) is 4.90 Å². The zero-order valence-electron chi connectivity index (χ0n) is 46.0. The van der Waals surface area contributed by atoms with Gasteiger partial charge in [-0.05, 0) is 136 Å². The Morgan fingerprint density at radius 2 is 0.720 bits per heavy atom. The van der Waals surface area contributed by atoms with Crippen LogP contribution in [0.3, 0.4) is 0 Å². The van der Waals surface area contributed by atoms with Crippen LogP contribution in [0.1, 0.15) is 126 Å². The first-order valence-corrected chi connectivity index (χ1v) is 28.7. The number of primary amides is 1. The highest BCUT2D eigenvalue weighted by molar-refractivity contribution is 7.90. The van der Waals surface area contributed by atoms with Crippen LogP contribution in [0, 0.1) is 0 Å². The van der Waals surface area contributed by atoms with Gasteiger partial charge in [-0.2, -0.15) is 0 Å². The molecule has 75 heavy (non-hydrogen) atoms. The Hall–Kier alpha value is -6.44. The van der Waals surface area contributed by atoms with Crippen LogP contribution in [0.4, 0.5) is 0 Å². The van der Waals surface area contributed by atoms with Crippen LogP contribution in [0.15, 0.2) is 155 Å². The second kappa shape index (κ2) is 22.4. The Balaban J connectivity index is 0.000000163. The average molecular weight is 1050 g/mol. The first-order valence-electron chi connectivity index (χ1n) is 25.3. The van der Waals surface area contributed by atoms with E-state index in [0.717, 1.165) is 43.3 Å². The van der Waals surface area contributed by atoms with Gasteiger partial charge in [0.05, 0.1) is 23.0 Å². The van der Waals surface area contributed by atoms with Crippen LogP contribution in [-0.2, 0) is 46.3 Å². The molecule has 1 fully saturated rings. The van der Waals surface area contributed by atoms with Gasteiger partial charge in [0.15, 0.2) is 9.84 Å². The lowest BCUT2D eigenvalue weighted by Crippen LogP contribution is -2.40.